The summed E-state index contributed by atoms with van der Waals surface area (Å²) >= 11 is 1.75. The highest BCUT2D eigenvalue weighted by Gasteiger charge is 2.24. The average molecular weight is 304 g/mol. The van der Waals surface area contributed by atoms with Crippen molar-refractivity contribution in [3.8, 4) is 0 Å². The molecule has 21 heavy (non-hydrogen) atoms. The standard InChI is InChI=1S/C16H21N3OS/c1-10-4-5-11-12(8-10)21-16-14(11)15(20)17-13(18-16)9-19-6-2-3-7-19/h10H,2-9H2,1H3,(H,17,18,20)/p+1/t10-/m1/s1. The van der Waals surface area contributed by atoms with Crippen molar-refractivity contribution >= 4 is 21.6 Å². The second-order valence-corrected chi connectivity index (χ2v) is 7.76. The smallest absolute Gasteiger partial charge is 0.260 e. The van der Waals surface area contributed by atoms with Crippen molar-refractivity contribution in [1.29, 1.82) is 0 Å². The molecule has 0 aromatic carbocycles. The monoisotopic (exact) mass is 304 g/mol. The molecule has 0 radical (unpaired) electrons. The summed E-state index contributed by atoms with van der Waals surface area (Å²) in [7, 11) is 0. The van der Waals surface area contributed by atoms with Crippen molar-refractivity contribution in [2.24, 2.45) is 5.92 Å². The maximum atomic E-state index is 12.5. The summed E-state index contributed by atoms with van der Waals surface area (Å²) < 4.78 is 0. The molecule has 1 aliphatic heterocycles. The highest BCUT2D eigenvalue weighted by molar-refractivity contribution is 7.18. The van der Waals surface area contributed by atoms with Gasteiger partial charge in [-0.1, -0.05) is 6.92 Å². The van der Waals surface area contributed by atoms with Gasteiger partial charge in [-0.15, -0.1) is 11.3 Å². The van der Waals surface area contributed by atoms with Crippen LogP contribution in [0.3, 0.4) is 0 Å². The molecule has 0 spiro atoms. The Kier molecular flexibility index (Phi) is 3.34. The summed E-state index contributed by atoms with van der Waals surface area (Å²) in [5.41, 5.74) is 1.36. The Bertz CT molecular complexity index is 727. The number of quaternary nitrogens is 1. The van der Waals surface area contributed by atoms with Crippen LogP contribution in [-0.2, 0) is 19.4 Å². The molecule has 2 aromatic heterocycles. The Morgan fingerprint density at radius 3 is 3.00 bits per heavy atom. The van der Waals surface area contributed by atoms with Gasteiger partial charge in [-0.2, -0.15) is 0 Å². The molecule has 5 heteroatoms. The Morgan fingerprint density at radius 1 is 1.38 bits per heavy atom. The fourth-order valence-electron chi connectivity index (χ4n) is 3.77. The summed E-state index contributed by atoms with van der Waals surface area (Å²) in [4.78, 5) is 24.2. The summed E-state index contributed by atoms with van der Waals surface area (Å²) in [6.07, 6.45) is 5.94. The Labute approximate surface area is 128 Å². The third kappa shape index (κ3) is 2.42. The lowest BCUT2D eigenvalue weighted by atomic mass is 9.89. The molecule has 1 atom stereocenters. The molecule has 0 bridgehead atoms. The lowest BCUT2D eigenvalue weighted by Crippen LogP contribution is -3.08. The van der Waals surface area contributed by atoms with Crippen LogP contribution in [-0.4, -0.2) is 23.1 Å². The van der Waals surface area contributed by atoms with Crippen molar-refractivity contribution in [2.75, 3.05) is 13.1 Å². The van der Waals surface area contributed by atoms with Gasteiger partial charge in [0.25, 0.3) is 5.56 Å². The number of hydrogen-bond acceptors (Lipinski definition) is 3. The molecule has 2 aromatic rings. The summed E-state index contributed by atoms with van der Waals surface area (Å²) in [6.45, 7) is 5.58. The minimum absolute atomic E-state index is 0.0839. The first kappa shape index (κ1) is 13.5. The minimum atomic E-state index is 0.0839. The van der Waals surface area contributed by atoms with E-state index in [0.717, 1.165) is 41.3 Å². The maximum Gasteiger partial charge on any atom is 0.260 e. The SMILES string of the molecule is C[C@@H]1CCc2c(sc3nc(C[NH+]4CCCC4)[nH]c(=O)c23)C1. The van der Waals surface area contributed by atoms with Crippen LogP contribution in [0, 0.1) is 5.92 Å². The van der Waals surface area contributed by atoms with Crippen LogP contribution in [0.25, 0.3) is 10.2 Å². The largest absolute Gasteiger partial charge is 0.329 e. The van der Waals surface area contributed by atoms with Gasteiger partial charge in [-0.05, 0) is 30.7 Å². The summed E-state index contributed by atoms with van der Waals surface area (Å²) in [5, 5.41) is 0.877. The zero-order valence-electron chi connectivity index (χ0n) is 12.5. The predicted octanol–water partition coefficient (Wildman–Crippen LogP) is 1.29. The van der Waals surface area contributed by atoms with E-state index in [9.17, 15) is 4.79 Å². The van der Waals surface area contributed by atoms with Gasteiger partial charge in [-0.25, -0.2) is 4.98 Å². The molecule has 0 unspecified atom stereocenters. The number of thiophene rings is 1. The van der Waals surface area contributed by atoms with Gasteiger partial charge >= 0.3 is 0 Å². The maximum absolute atomic E-state index is 12.5. The van der Waals surface area contributed by atoms with Crippen LogP contribution in [0.4, 0.5) is 0 Å². The van der Waals surface area contributed by atoms with Crippen molar-refractivity contribution in [1.82, 2.24) is 9.97 Å². The van der Waals surface area contributed by atoms with E-state index in [1.807, 2.05) is 0 Å². The summed E-state index contributed by atoms with van der Waals surface area (Å²) in [6, 6.07) is 0. The first-order valence-electron chi connectivity index (χ1n) is 8.07. The third-order valence-electron chi connectivity index (χ3n) is 4.94. The van der Waals surface area contributed by atoms with E-state index in [2.05, 4.69) is 11.9 Å². The Hall–Kier alpha value is -1.20. The molecule has 1 aliphatic carbocycles. The van der Waals surface area contributed by atoms with E-state index in [4.69, 9.17) is 4.98 Å². The minimum Gasteiger partial charge on any atom is -0.329 e. The number of fused-ring (bicyclic) bond motifs is 3. The number of aromatic amines is 1. The number of nitrogens with zero attached hydrogens (tertiary/aromatic N) is 1. The van der Waals surface area contributed by atoms with E-state index in [0.29, 0.717) is 0 Å². The number of rotatable bonds is 2. The Balaban J connectivity index is 1.74. The van der Waals surface area contributed by atoms with Gasteiger partial charge in [0.05, 0.1) is 18.5 Å². The second-order valence-electron chi connectivity index (χ2n) is 6.68. The third-order valence-corrected chi connectivity index (χ3v) is 6.09. The molecule has 4 nitrogen and oxygen atoms in total. The van der Waals surface area contributed by atoms with Crippen LogP contribution in [0.1, 0.15) is 42.5 Å². The lowest BCUT2D eigenvalue weighted by Gasteiger charge is -2.17. The van der Waals surface area contributed by atoms with Gasteiger partial charge in [0.1, 0.15) is 11.4 Å². The predicted molar refractivity (Wildman–Crippen MR) is 85.1 cm³/mol. The molecule has 1 saturated heterocycles. The quantitative estimate of drug-likeness (QED) is 0.878. The van der Waals surface area contributed by atoms with Crippen molar-refractivity contribution < 1.29 is 4.90 Å². The summed E-state index contributed by atoms with van der Waals surface area (Å²) in [5.74, 6) is 1.61. The Morgan fingerprint density at radius 2 is 2.19 bits per heavy atom. The van der Waals surface area contributed by atoms with E-state index in [1.165, 1.54) is 42.8 Å². The van der Waals surface area contributed by atoms with E-state index in [-0.39, 0.29) is 5.56 Å². The molecule has 2 aliphatic rings. The molecule has 0 saturated carbocycles. The van der Waals surface area contributed by atoms with Gasteiger partial charge < -0.3 is 9.88 Å². The van der Waals surface area contributed by atoms with E-state index < -0.39 is 0 Å². The topological polar surface area (TPSA) is 50.2 Å². The molecular formula is C16H22N3OS+. The van der Waals surface area contributed by atoms with Gasteiger partial charge in [0.2, 0.25) is 0 Å². The highest BCUT2D eigenvalue weighted by atomic mass is 32.1. The van der Waals surface area contributed by atoms with E-state index >= 15 is 0 Å². The number of aromatic nitrogens is 2. The van der Waals surface area contributed by atoms with Crippen LogP contribution in [0.2, 0.25) is 0 Å². The molecule has 1 fully saturated rings. The van der Waals surface area contributed by atoms with Crippen LogP contribution < -0.4 is 10.5 Å². The molecule has 112 valence electrons. The van der Waals surface area contributed by atoms with Crippen LogP contribution in [0.15, 0.2) is 4.79 Å². The fraction of sp³-hybridized carbons (Fsp3) is 0.625. The van der Waals surface area contributed by atoms with Crippen molar-refractivity contribution in [3.05, 3.63) is 26.6 Å². The molecule has 0 amide bonds. The lowest BCUT2D eigenvalue weighted by molar-refractivity contribution is -0.902. The first-order valence-corrected chi connectivity index (χ1v) is 8.89. The van der Waals surface area contributed by atoms with Crippen LogP contribution in [0.5, 0.6) is 0 Å². The number of H-pyrrole nitrogens is 1. The first-order chi connectivity index (χ1) is 10.2. The highest BCUT2D eigenvalue weighted by Crippen LogP contribution is 2.35. The van der Waals surface area contributed by atoms with Gasteiger partial charge in [-0.3, -0.25) is 4.79 Å². The average Bonchev–Trinajstić information content (AvgIpc) is 3.05. The van der Waals surface area contributed by atoms with Crippen molar-refractivity contribution in [2.45, 2.75) is 45.6 Å². The van der Waals surface area contributed by atoms with Gasteiger partial charge in [0, 0.05) is 17.7 Å². The van der Waals surface area contributed by atoms with Gasteiger partial charge in [0.15, 0.2) is 5.82 Å². The van der Waals surface area contributed by atoms with Crippen molar-refractivity contribution in [3.63, 3.8) is 0 Å². The molecule has 4 rings (SSSR count). The molecule has 3 heterocycles. The number of aryl methyl sites for hydroxylation is 1. The number of nitrogens with one attached hydrogen (secondary N) is 2. The normalized spacial score (nSPS) is 22.8. The molecular weight excluding hydrogens is 282 g/mol. The van der Waals surface area contributed by atoms with Crippen LogP contribution >= 0.6 is 11.3 Å². The second kappa shape index (κ2) is 5.21. The zero-order chi connectivity index (χ0) is 14.4. The zero-order valence-corrected chi connectivity index (χ0v) is 13.3. The van der Waals surface area contributed by atoms with E-state index in [1.54, 1.807) is 16.2 Å². The number of likely N-dealkylation sites (tertiary alicyclic amines) is 1. The fourth-order valence-corrected chi connectivity index (χ4v) is 5.17. The number of hydrogen-bond donors (Lipinski definition) is 2. The molecule has 2 N–H and O–H groups in total.